The van der Waals surface area contributed by atoms with Gasteiger partial charge in [-0.25, -0.2) is 4.98 Å². The third-order valence-corrected chi connectivity index (χ3v) is 8.75. The molecule has 0 radical (unpaired) electrons. The van der Waals surface area contributed by atoms with Crippen LogP contribution in [0.25, 0.3) is 11.1 Å². The average Bonchev–Trinajstić information content (AvgIpc) is 3.67. The molecule has 39 heavy (non-hydrogen) atoms. The fourth-order valence-electron chi connectivity index (χ4n) is 6.18. The average molecular weight is 535 g/mol. The molecule has 4 heterocycles. The summed E-state index contributed by atoms with van der Waals surface area (Å²) in [5.74, 6) is 2.34. The van der Waals surface area contributed by atoms with Crippen LogP contribution in [0.1, 0.15) is 63.0 Å². The molecule has 1 saturated carbocycles. The van der Waals surface area contributed by atoms with Gasteiger partial charge in [0.15, 0.2) is 5.60 Å². The molecule has 208 valence electrons. The minimum absolute atomic E-state index is 0.264. The number of piperidine rings is 1. The first-order valence-corrected chi connectivity index (χ1v) is 14.1. The van der Waals surface area contributed by atoms with Crippen LogP contribution in [0.15, 0.2) is 35.6 Å². The maximum atomic E-state index is 11.6. The molecule has 1 N–H and O–H groups in total. The monoisotopic (exact) mass is 534 g/mol. The van der Waals surface area contributed by atoms with Crippen LogP contribution in [0.3, 0.4) is 0 Å². The van der Waals surface area contributed by atoms with Crippen molar-refractivity contribution >= 4 is 11.8 Å². The number of carbonyl (C=O) groups is 1. The van der Waals surface area contributed by atoms with E-state index in [0.717, 1.165) is 48.8 Å². The highest BCUT2D eigenvalue weighted by Crippen LogP contribution is 2.48. The summed E-state index contributed by atoms with van der Waals surface area (Å²) in [6.45, 7) is 8.39. The van der Waals surface area contributed by atoms with Gasteiger partial charge in [-0.05, 0) is 68.7 Å². The van der Waals surface area contributed by atoms with Crippen LogP contribution in [-0.2, 0) is 16.2 Å². The quantitative estimate of drug-likeness (QED) is 0.529. The van der Waals surface area contributed by atoms with Gasteiger partial charge in [-0.2, -0.15) is 0 Å². The Morgan fingerprint density at radius 3 is 2.59 bits per heavy atom. The van der Waals surface area contributed by atoms with Crippen molar-refractivity contribution in [2.75, 3.05) is 39.9 Å². The third-order valence-electron chi connectivity index (χ3n) is 8.75. The van der Waals surface area contributed by atoms with Crippen LogP contribution in [0.4, 0.5) is 0 Å². The molecule has 0 bridgehead atoms. The molecule has 9 heteroatoms. The maximum Gasteiger partial charge on any atom is 0.309 e. The topological polar surface area (TPSA) is 96.7 Å². The van der Waals surface area contributed by atoms with Gasteiger partial charge in [-0.3, -0.25) is 9.69 Å². The maximum absolute atomic E-state index is 11.6. The van der Waals surface area contributed by atoms with E-state index in [1.165, 1.54) is 24.0 Å². The molecule has 6 rings (SSSR count). The molecule has 1 aliphatic carbocycles. The molecule has 0 unspecified atom stereocenters. The van der Waals surface area contributed by atoms with Gasteiger partial charge in [0.25, 0.3) is 0 Å². The Hall–Kier alpha value is -3.33. The highest BCUT2D eigenvalue weighted by Gasteiger charge is 2.51. The molecule has 1 aromatic carbocycles. The number of carboxylic acids is 1. The highest BCUT2D eigenvalue weighted by atomic mass is 16.7. The number of hydrogen-bond donors (Lipinski definition) is 1. The highest BCUT2D eigenvalue weighted by molar-refractivity contribution is 5.85. The van der Waals surface area contributed by atoms with E-state index in [9.17, 15) is 9.90 Å². The summed E-state index contributed by atoms with van der Waals surface area (Å²) >= 11 is 0. The number of carboxylic acid groups (broad SMARTS) is 1. The summed E-state index contributed by atoms with van der Waals surface area (Å²) in [6.07, 6.45) is 6.33. The third kappa shape index (κ3) is 5.04. The molecule has 9 nitrogen and oxygen atoms in total. The smallest absolute Gasteiger partial charge is 0.309 e. The Balaban J connectivity index is 1.12. The molecular formula is C30H38N4O5. The standard InChI is InChI=1S/C30H38N4O5/c1-4-38-24-14-20(13-23(21-5-6-21)27(24)22-7-8-26(37-3)31-16-22)17-33-18-30(19-33)15-25(32-39-30)34-11-9-29(2,10-12-34)28(35)36/h7-8,13-14,16,21H,4-6,9-12,15,17-19H2,1-3H3,(H,35,36). The number of benzene rings is 1. The first kappa shape index (κ1) is 25.9. The fraction of sp³-hybridized carbons (Fsp3) is 0.567. The minimum Gasteiger partial charge on any atom is -0.493 e. The number of ether oxygens (including phenoxy) is 2. The second-order valence-electron chi connectivity index (χ2n) is 11.8. The van der Waals surface area contributed by atoms with Gasteiger partial charge in [0, 0.05) is 56.1 Å². The lowest BCUT2D eigenvalue weighted by molar-refractivity contribution is -0.150. The number of nitrogens with zero attached hydrogens (tertiary/aromatic N) is 4. The van der Waals surface area contributed by atoms with Crippen LogP contribution in [0.5, 0.6) is 11.6 Å². The van der Waals surface area contributed by atoms with E-state index < -0.39 is 11.4 Å². The fourth-order valence-corrected chi connectivity index (χ4v) is 6.18. The number of rotatable bonds is 8. The van der Waals surface area contributed by atoms with Crippen LogP contribution >= 0.6 is 0 Å². The van der Waals surface area contributed by atoms with Gasteiger partial charge < -0.3 is 24.3 Å². The zero-order valence-corrected chi connectivity index (χ0v) is 23.1. The lowest BCUT2D eigenvalue weighted by atomic mass is 9.80. The number of aliphatic carboxylic acids is 1. The summed E-state index contributed by atoms with van der Waals surface area (Å²) in [6, 6.07) is 8.51. The molecule has 1 spiro atoms. The van der Waals surface area contributed by atoms with E-state index in [2.05, 4.69) is 38.1 Å². The lowest BCUT2D eigenvalue weighted by Crippen LogP contribution is -2.61. The Labute approximate surface area is 229 Å². The van der Waals surface area contributed by atoms with Gasteiger partial charge in [-0.1, -0.05) is 11.2 Å². The van der Waals surface area contributed by atoms with E-state index in [4.69, 9.17) is 14.3 Å². The van der Waals surface area contributed by atoms with Crippen LogP contribution in [-0.4, -0.2) is 77.2 Å². The second kappa shape index (κ2) is 10.0. The van der Waals surface area contributed by atoms with Crippen molar-refractivity contribution in [1.29, 1.82) is 0 Å². The molecule has 2 aromatic rings. The van der Waals surface area contributed by atoms with E-state index >= 15 is 0 Å². The number of hydrogen-bond acceptors (Lipinski definition) is 8. The van der Waals surface area contributed by atoms with Crippen molar-refractivity contribution < 1.29 is 24.2 Å². The first-order chi connectivity index (χ1) is 18.8. The predicted octanol–water partition coefficient (Wildman–Crippen LogP) is 4.51. The van der Waals surface area contributed by atoms with Gasteiger partial charge in [0.1, 0.15) is 11.6 Å². The van der Waals surface area contributed by atoms with Crippen molar-refractivity contribution in [3.63, 3.8) is 0 Å². The van der Waals surface area contributed by atoms with Crippen LogP contribution < -0.4 is 9.47 Å². The largest absolute Gasteiger partial charge is 0.493 e. The zero-order chi connectivity index (χ0) is 27.2. The summed E-state index contributed by atoms with van der Waals surface area (Å²) in [7, 11) is 1.63. The summed E-state index contributed by atoms with van der Waals surface area (Å²) in [4.78, 5) is 26.6. The Morgan fingerprint density at radius 2 is 1.97 bits per heavy atom. The molecule has 1 aromatic heterocycles. The van der Waals surface area contributed by atoms with Gasteiger partial charge in [-0.15, -0.1) is 0 Å². The van der Waals surface area contributed by atoms with Crippen molar-refractivity contribution in [2.24, 2.45) is 10.6 Å². The molecule has 4 aliphatic rings. The number of pyridine rings is 1. The summed E-state index contributed by atoms with van der Waals surface area (Å²) in [5, 5.41) is 14.0. The van der Waals surface area contributed by atoms with Crippen molar-refractivity contribution in [1.82, 2.24) is 14.8 Å². The van der Waals surface area contributed by atoms with E-state index in [1.54, 1.807) is 7.11 Å². The van der Waals surface area contributed by atoms with Crippen molar-refractivity contribution in [3.05, 3.63) is 41.6 Å². The van der Waals surface area contributed by atoms with E-state index in [0.29, 0.717) is 44.3 Å². The van der Waals surface area contributed by atoms with Crippen LogP contribution in [0, 0.1) is 5.41 Å². The van der Waals surface area contributed by atoms with Crippen molar-refractivity contribution in [2.45, 2.75) is 64.0 Å². The molecule has 3 fully saturated rings. The molecule has 2 saturated heterocycles. The van der Waals surface area contributed by atoms with E-state index in [-0.39, 0.29) is 5.60 Å². The number of methoxy groups -OCH3 is 1. The second-order valence-corrected chi connectivity index (χ2v) is 11.8. The minimum atomic E-state index is -0.705. The summed E-state index contributed by atoms with van der Waals surface area (Å²) in [5.41, 5.74) is 3.90. The normalized spacial score (nSPS) is 21.7. The van der Waals surface area contributed by atoms with Gasteiger partial charge in [0.2, 0.25) is 5.88 Å². The molecule has 3 aliphatic heterocycles. The molecule has 0 atom stereocenters. The Kier molecular flexibility index (Phi) is 6.65. The molecular weight excluding hydrogens is 496 g/mol. The lowest BCUT2D eigenvalue weighted by Gasteiger charge is -2.45. The number of oxime groups is 1. The number of amidine groups is 1. The molecule has 0 amide bonds. The van der Waals surface area contributed by atoms with Crippen LogP contribution in [0.2, 0.25) is 0 Å². The Morgan fingerprint density at radius 1 is 1.21 bits per heavy atom. The van der Waals surface area contributed by atoms with Gasteiger partial charge in [0.05, 0.1) is 25.6 Å². The number of likely N-dealkylation sites (tertiary alicyclic amines) is 2. The van der Waals surface area contributed by atoms with Gasteiger partial charge >= 0.3 is 5.97 Å². The van der Waals surface area contributed by atoms with Crippen molar-refractivity contribution in [3.8, 4) is 22.8 Å². The SMILES string of the molecule is CCOc1cc(CN2CC3(CC(N4CCC(C)(C(=O)O)CC4)=NO3)C2)cc(C2CC2)c1-c1ccc(OC)nc1. The van der Waals surface area contributed by atoms with E-state index in [1.807, 2.05) is 26.1 Å². The Bertz CT molecular complexity index is 1260. The zero-order valence-electron chi connectivity index (χ0n) is 23.1. The number of aromatic nitrogens is 1. The predicted molar refractivity (Wildman–Crippen MR) is 147 cm³/mol. The summed E-state index contributed by atoms with van der Waals surface area (Å²) < 4.78 is 11.4. The first-order valence-electron chi connectivity index (χ1n) is 14.1.